The van der Waals surface area contributed by atoms with Crippen molar-refractivity contribution in [2.75, 3.05) is 18.0 Å². The molecular weight excluding hydrogens is 376 g/mol. The molecule has 9 heteroatoms. The number of benzene rings is 1. The van der Waals surface area contributed by atoms with Gasteiger partial charge in [-0.2, -0.15) is 0 Å². The number of carbonyl (C=O) groups excluding carboxylic acids is 5. The molecule has 152 valence electrons. The van der Waals surface area contributed by atoms with E-state index in [2.05, 4.69) is 15.5 Å². The third-order valence-electron chi connectivity index (χ3n) is 5.69. The minimum atomic E-state index is -0.961. The third-order valence-corrected chi connectivity index (χ3v) is 5.69. The van der Waals surface area contributed by atoms with Gasteiger partial charge in [-0.15, -0.1) is 0 Å². The number of rotatable bonds is 3. The second-order valence-corrected chi connectivity index (χ2v) is 7.64. The second-order valence-electron chi connectivity index (χ2n) is 7.64. The van der Waals surface area contributed by atoms with Gasteiger partial charge in [0.15, 0.2) is 0 Å². The SMILES string of the molecule is CC(=O)NC1CCN(c2ccc3c(c2)C(=O)N(C2CCC(=O)NC2=O)C3=O)CC1. The number of nitrogens with zero attached hydrogens (tertiary/aromatic N) is 2. The lowest BCUT2D eigenvalue weighted by atomic mass is 10.0. The van der Waals surface area contributed by atoms with E-state index in [0.29, 0.717) is 0 Å². The first-order chi connectivity index (χ1) is 13.8. The van der Waals surface area contributed by atoms with Crippen molar-refractivity contribution in [2.24, 2.45) is 0 Å². The number of hydrogen-bond acceptors (Lipinski definition) is 6. The van der Waals surface area contributed by atoms with Gasteiger partial charge in [0.2, 0.25) is 17.7 Å². The van der Waals surface area contributed by atoms with Crippen LogP contribution in [-0.2, 0) is 14.4 Å². The van der Waals surface area contributed by atoms with Gasteiger partial charge in [-0.1, -0.05) is 0 Å². The van der Waals surface area contributed by atoms with E-state index in [4.69, 9.17) is 0 Å². The lowest BCUT2D eigenvalue weighted by Gasteiger charge is -2.34. The highest BCUT2D eigenvalue weighted by molar-refractivity contribution is 6.23. The van der Waals surface area contributed by atoms with Crippen LogP contribution >= 0.6 is 0 Å². The van der Waals surface area contributed by atoms with Gasteiger partial charge in [0.25, 0.3) is 11.8 Å². The fourth-order valence-corrected chi connectivity index (χ4v) is 4.23. The molecule has 0 bridgehead atoms. The molecule has 4 rings (SSSR count). The maximum atomic E-state index is 12.9. The van der Waals surface area contributed by atoms with Gasteiger partial charge in [0.1, 0.15) is 6.04 Å². The van der Waals surface area contributed by atoms with Crippen LogP contribution in [0.2, 0.25) is 0 Å². The maximum Gasteiger partial charge on any atom is 0.262 e. The number of piperidine rings is 2. The summed E-state index contributed by atoms with van der Waals surface area (Å²) in [6.45, 7) is 2.95. The Balaban J connectivity index is 1.51. The van der Waals surface area contributed by atoms with Crippen LogP contribution in [0.3, 0.4) is 0 Å². The molecule has 0 aromatic heterocycles. The van der Waals surface area contributed by atoms with Gasteiger partial charge in [-0.25, -0.2) is 0 Å². The smallest absolute Gasteiger partial charge is 0.262 e. The summed E-state index contributed by atoms with van der Waals surface area (Å²) in [6, 6.07) is 4.30. The topological polar surface area (TPSA) is 116 Å². The van der Waals surface area contributed by atoms with Crippen LogP contribution < -0.4 is 15.5 Å². The third kappa shape index (κ3) is 3.48. The highest BCUT2D eigenvalue weighted by Crippen LogP contribution is 2.31. The van der Waals surface area contributed by atoms with Crippen LogP contribution in [-0.4, -0.2) is 59.6 Å². The van der Waals surface area contributed by atoms with Crippen LogP contribution in [0.5, 0.6) is 0 Å². The number of imide groups is 2. The molecule has 1 atom stereocenters. The molecule has 0 spiro atoms. The maximum absolute atomic E-state index is 12.9. The molecule has 0 aliphatic carbocycles. The Labute approximate surface area is 167 Å². The molecule has 1 unspecified atom stereocenters. The molecule has 2 N–H and O–H groups in total. The van der Waals surface area contributed by atoms with Gasteiger partial charge < -0.3 is 10.2 Å². The van der Waals surface area contributed by atoms with E-state index in [9.17, 15) is 24.0 Å². The van der Waals surface area contributed by atoms with Gasteiger partial charge in [-0.3, -0.25) is 34.2 Å². The van der Waals surface area contributed by atoms with Crippen molar-refractivity contribution >= 4 is 35.2 Å². The molecule has 3 aliphatic rings. The largest absolute Gasteiger partial charge is 0.371 e. The Morgan fingerprint density at radius 2 is 1.72 bits per heavy atom. The summed E-state index contributed by atoms with van der Waals surface area (Å²) in [5.74, 6) is -2.06. The molecule has 0 saturated carbocycles. The molecule has 1 aromatic carbocycles. The molecule has 29 heavy (non-hydrogen) atoms. The Morgan fingerprint density at radius 1 is 1.03 bits per heavy atom. The quantitative estimate of drug-likeness (QED) is 0.703. The zero-order chi connectivity index (χ0) is 20.7. The Bertz CT molecular complexity index is 919. The molecule has 3 aliphatic heterocycles. The van der Waals surface area contributed by atoms with Crippen molar-refractivity contribution in [2.45, 2.75) is 44.7 Å². The van der Waals surface area contributed by atoms with Gasteiger partial charge in [-0.05, 0) is 37.5 Å². The van der Waals surface area contributed by atoms with E-state index in [0.717, 1.165) is 36.5 Å². The van der Waals surface area contributed by atoms with Crippen molar-refractivity contribution in [1.29, 1.82) is 0 Å². The number of fused-ring (bicyclic) bond motifs is 1. The van der Waals surface area contributed by atoms with Crippen molar-refractivity contribution in [3.63, 3.8) is 0 Å². The summed E-state index contributed by atoms with van der Waals surface area (Å²) in [5, 5.41) is 5.12. The lowest BCUT2D eigenvalue weighted by Crippen LogP contribution is -2.54. The molecular formula is C20H22N4O5. The molecule has 2 saturated heterocycles. The number of hydrogen-bond donors (Lipinski definition) is 2. The van der Waals surface area contributed by atoms with E-state index >= 15 is 0 Å². The van der Waals surface area contributed by atoms with E-state index < -0.39 is 29.7 Å². The van der Waals surface area contributed by atoms with E-state index in [1.807, 2.05) is 0 Å². The van der Waals surface area contributed by atoms with E-state index in [1.165, 1.54) is 6.92 Å². The second kappa shape index (κ2) is 7.31. The van der Waals surface area contributed by atoms with Crippen LogP contribution in [0.4, 0.5) is 5.69 Å². The molecule has 2 fully saturated rings. The first-order valence-corrected chi connectivity index (χ1v) is 9.73. The van der Waals surface area contributed by atoms with Gasteiger partial charge in [0.05, 0.1) is 11.1 Å². The summed E-state index contributed by atoms with van der Waals surface area (Å²) in [5.41, 5.74) is 1.38. The lowest BCUT2D eigenvalue weighted by molar-refractivity contribution is -0.136. The van der Waals surface area contributed by atoms with Crippen LogP contribution in [0, 0.1) is 0 Å². The Morgan fingerprint density at radius 3 is 2.38 bits per heavy atom. The zero-order valence-corrected chi connectivity index (χ0v) is 16.1. The monoisotopic (exact) mass is 398 g/mol. The van der Waals surface area contributed by atoms with E-state index in [-0.39, 0.29) is 35.9 Å². The first-order valence-electron chi connectivity index (χ1n) is 9.73. The number of nitrogens with one attached hydrogen (secondary N) is 2. The molecule has 9 nitrogen and oxygen atoms in total. The molecule has 0 radical (unpaired) electrons. The highest BCUT2D eigenvalue weighted by Gasteiger charge is 2.44. The Kier molecular flexibility index (Phi) is 4.81. The van der Waals surface area contributed by atoms with Crippen molar-refractivity contribution < 1.29 is 24.0 Å². The predicted molar refractivity (Wildman–Crippen MR) is 102 cm³/mol. The average Bonchev–Trinajstić information content (AvgIpc) is 2.92. The Hall–Kier alpha value is -3.23. The fourth-order valence-electron chi connectivity index (χ4n) is 4.23. The van der Waals surface area contributed by atoms with Crippen molar-refractivity contribution in [3.8, 4) is 0 Å². The normalized spacial score (nSPS) is 22.6. The zero-order valence-electron chi connectivity index (χ0n) is 16.1. The predicted octanol–water partition coefficient (Wildman–Crippen LogP) is 0.193. The average molecular weight is 398 g/mol. The standard InChI is InChI=1S/C20H22N4O5/c1-11(25)21-12-6-8-23(9-7-12)13-2-3-14-15(10-13)20(29)24(19(14)28)16-4-5-17(26)22-18(16)27/h2-3,10,12,16H,4-9H2,1H3,(H,21,25)(H,22,26,27). The molecule has 1 aromatic rings. The number of anilines is 1. The summed E-state index contributed by atoms with van der Waals surface area (Å²) < 4.78 is 0. The van der Waals surface area contributed by atoms with Crippen molar-refractivity contribution in [1.82, 2.24) is 15.5 Å². The van der Waals surface area contributed by atoms with Crippen LogP contribution in [0.1, 0.15) is 53.3 Å². The molecule has 5 amide bonds. The summed E-state index contributed by atoms with van der Waals surface area (Å²) in [4.78, 5) is 63.5. The van der Waals surface area contributed by atoms with Crippen LogP contribution in [0.25, 0.3) is 0 Å². The number of amides is 5. The highest BCUT2D eigenvalue weighted by atomic mass is 16.2. The van der Waals surface area contributed by atoms with Crippen LogP contribution in [0.15, 0.2) is 18.2 Å². The summed E-state index contributed by atoms with van der Waals surface area (Å²) in [7, 11) is 0. The fraction of sp³-hybridized carbons (Fsp3) is 0.450. The minimum absolute atomic E-state index is 0.0429. The molecule has 3 heterocycles. The first kappa shape index (κ1) is 19.1. The number of carbonyl (C=O) groups is 5. The van der Waals surface area contributed by atoms with Gasteiger partial charge >= 0.3 is 0 Å². The van der Waals surface area contributed by atoms with Crippen molar-refractivity contribution in [3.05, 3.63) is 29.3 Å². The van der Waals surface area contributed by atoms with E-state index in [1.54, 1.807) is 18.2 Å². The van der Waals surface area contributed by atoms with Gasteiger partial charge in [0, 0.05) is 38.2 Å². The summed E-state index contributed by atoms with van der Waals surface area (Å²) in [6.07, 6.45) is 1.83. The minimum Gasteiger partial charge on any atom is -0.371 e. The summed E-state index contributed by atoms with van der Waals surface area (Å²) >= 11 is 0.